The third-order valence-electron chi connectivity index (χ3n) is 2.31. The van der Waals surface area contributed by atoms with Crippen molar-refractivity contribution >= 4 is 5.97 Å². The van der Waals surface area contributed by atoms with Gasteiger partial charge in [-0.1, -0.05) is 0 Å². The second-order valence-electron chi connectivity index (χ2n) is 4.65. The van der Waals surface area contributed by atoms with Crippen LogP contribution >= 0.6 is 0 Å². The molecule has 0 amide bonds. The zero-order valence-corrected chi connectivity index (χ0v) is 10.3. The number of carbonyl (C=O) groups is 1. The van der Waals surface area contributed by atoms with Crippen molar-refractivity contribution in [3.8, 4) is 0 Å². The summed E-state index contributed by atoms with van der Waals surface area (Å²) in [5.41, 5.74) is -0.178. The van der Waals surface area contributed by atoms with Crippen LogP contribution in [-0.4, -0.2) is 28.3 Å². The largest absolute Gasteiger partial charge is 0.462 e. The molecule has 0 aliphatic carbocycles. The number of pyridine rings is 1. The molecule has 94 valence electrons. The molecule has 0 fully saturated rings. The quantitative estimate of drug-likeness (QED) is 0.608. The van der Waals surface area contributed by atoms with E-state index in [1.54, 1.807) is 32.2 Å². The van der Waals surface area contributed by atoms with Crippen LogP contribution in [0.1, 0.15) is 43.5 Å². The summed E-state index contributed by atoms with van der Waals surface area (Å²) < 4.78 is 5.08. The summed E-state index contributed by atoms with van der Waals surface area (Å²) >= 11 is 0. The van der Waals surface area contributed by atoms with E-state index in [1.165, 1.54) is 6.20 Å². The van der Waals surface area contributed by atoms with E-state index in [1.807, 2.05) is 0 Å². The van der Waals surface area contributed by atoms with Gasteiger partial charge in [-0.25, -0.2) is 4.79 Å². The van der Waals surface area contributed by atoms with E-state index in [2.05, 4.69) is 4.98 Å². The van der Waals surface area contributed by atoms with Crippen molar-refractivity contribution in [3.05, 3.63) is 30.1 Å². The number of carbonyl (C=O) groups excluding carboxylic acids is 1. The molecule has 1 aromatic heterocycles. The molecular weight excluding hydrogens is 218 g/mol. The topological polar surface area (TPSA) is 59.4 Å². The number of nitrogens with zero attached hydrogens (tertiary/aromatic N) is 1. The van der Waals surface area contributed by atoms with Crippen LogP contribution in [0.5, 0.6) is 0 Å². The van der Waals surface area contributed by atoms with Crippen LogP contribution in [0.15, 0.2) is 24.5 Å². The second kappa shape index (κ2) is 6.35. The van der Waals surface area contributed by atoms with Crippen LogP contribution in [0.4, 0.5) is 0 Å². The molecule has 0 saturated carbocycles. The van der Waals surface area contributed by atoms with Gasteiger partial charge in [-0.3, -0.25) is 4.98 Å². The van der Waals surface area contributed by atoms with Gasteiger partial charge in [0, 0.05) is 12.4 Å². The predicted octanol–water partition coefficient (Wildman–Crippen LogP) is 2.18. The van der Waals surface area contributed by atoms with Crippen molar-refractivity contribution in [3.63, 3.8) is 0 Å². The molecule has 1 rings (SSSR count). The highest BCUT2D eigenvalue weighted by atomic mass is 16.5. The first-order valence-electron chi connectivity index (χ1n) is 5.78. The van der Waals surface area contributed by atoms with E-state index in [0.29, 0.717) is 18.6 Å². The Kier molecular flexibility index (Phi) is 5.10. The first kappa shape index (κ1) is 13.6. The first-order valence-corrected chi connectivity index (χ1v) is 5.78. The highest BCUT2D eigenvalue weighted by Gasteiger charge is 2.11. The summed E-state index contributed by atoms with van der Waals surface area (Å²) in [6, 6.07) is 3.37. The molecule has 0 atom stereocenters. The first-order chi connectivity index (χ1) is 7.99. The number of aliphatic hydroxyl groups is 1. The lowest BCUT2D eigenvalue weighted by atomic mass is 10.0. The van der Waals surface area contributed by atoms with Gasteiger partial charge in [-0.2, -0.15) is 0 Å². The minimum Gasteiger partial charge on any atom is -0.462 e. The molecule has 1 N–H and O–H groups in total. The lowest BCUT2D eigenvalue weighted by Gasteiger charge is -2.16. The fourth-order valence-electron chi connectivity index (χ4n) is 1.39. The van der Waals surface area contributed by atoms with Crippen LogP contribution in [0.25, 0.3) is 0 Å². The summed E-state index contributed by atoms with van der Waals surface area (Å²) in [4.78, 5) is 15.3. The van der Waals surface area contributed by atoms with E-state index >= 15 is 0 Å². The van der Waals surface area contributed by atoms with E-state index in [0.717, 1.165) is 12.8 Å². The molecule has 4 nitrogen and oxygen atoms in total. The Morgan fingerprint density at radius 2 is 2.24 bits per heavy atom. The fraction of sp³-hybridized carbons (Fsp3) is 0.538. The zero-order chi connectivity index (χ0) is 12.7. The lowest BCUT2D eigenvalue weighted by Crippen LogP contribution is -2.18. The maximum Gasteiger partial charge on any atom is 0.339 e. The predicted molar refractivity (Wildman–Crippen MR) is 64.7 cm³/mol. The van der Waals surface area contributed by atoms with Gasteiger partial charge in [0.15, 0.2) is 0 Å². The number of hydrogen-bond acceptors (Lipinski definition) is 4. The smallest absolute Gasteiger partial charge is 0.339 e. The minimum atomic E-state index is -0.645. The van der Waals surface area contributed by atoms with Crippen LogP contribution in [0, 0.1) is 0 Å². The van der Waals surface area contributed by atoms with Gasteiger partial charge in [-0.15, -0.1) is 0 Å². The van der Waals surface area contributed by atoms with Gasteiger partial charge in [0.05, 0.1) is 17.8 Å². The van der Waals surface area contributed by atoms with E-state index < -0.39 is 5.60 Å². The van der Waals surface area contributed by atoms with Gasteiger partial charge in [-0.05, 0) is 45.2 Å². The molecule has 1 heterocycles. The van der Waals surface area contributed by atoms with Crippen LogP contribution in [0.3, 0.4) is 0 Å². The van der Waals surface area contributed by atoms with Crippen molar-refractivity contribution in [2.75, 3.05) is 6.61 Å². The van der Waals surface area contributed by atoms with Crippen LogP contribution in [0.2, 0.25) is 0 Å². The summed E-state index contributed by atoms with van der Waals surface area (Å²) in [5.74, 6) is -0.346. The Hall–Kier alpha value is -1.42. The van der Waals surface area contributed by atoms with Crippen molar-refractivity contribution in [2.45, 2.75) is 38.7 Å². The molecule has 0 saturated heterocycles. The molecule has 0 radical (unpaired) electrons. The zero-order valence-electron chi connectivity index (χ0n) is 10.3. The third-order valence-corrected chi connectivity index (χ3v) is 2.31. The normalized spacial score (nSPS) is 11.2. The number of ether oxygens (including phenoxy) is 1. The Bertz CT molecular complexity index is 343. The maximum atomic E-state index is 11.5. The van der Waals surface area contributed by atoms with Crippen molar-refractivity contribution in [2.24, 2.45) is 0 Å². The molecule has 17 heavy (non-hydrogen) atoms. The monoisotopic (exact) mass is 237 g/mol. The molecule has 0 aromatic carbocycles. The van der Waals surface area contributed by atoms with Gasteiger partial charge >= 0.3 is 5.97 Å². The molecule has 0 spiro atoms. The number of hydrogen-bond donors (Lipinski definition) is 1. The van der Waals surface area contributed by atoms with Crippen LogP contribution in [-0.2, 0) is 4.74 Å². The molecule has 4 heteroatoms. The van der Waals surface area contributed by atoms with Crippen molar-refractivity contribution in [1.29, 1.82) is 0 Å². The number of aromatic nitrogens is 1. The number of esters is 1. The van der Waals surface area contributed by atoms with Gasteiger partial charge < -0.3 is 9.84 Å². The minimum absolute atomic E-state index is 0.346. The van der Waals surface area contributed by atoms with E-state index in [-0.39, 0.29) is 5.97 Å². The Morgan fingerprint density at radius 1 is 1.47 bits per heavy atom. The Morgan fingerprint density at radius 3 is 2.82 bits per heavy atom. The van der Waals surface area contributed by atoms with E-state index in [4.69, 9.17) is 4.74 Å². The summed E-state index contributed by atoms with van der Waals surface area (Å²) in [7, 11) is 0. The SMILES string of the molecule is CC(C)(O)CCCCOC(=O)c1cccnc1. The van der Waals surface area contributed by atoms with E-state index in [9.17, 15) is 9.90 Å². The molecule has 0 unspecified atom stereocenters. The van der Waals surface area contributed by atoms with Gasteiger partial charge in [0.1, 0.15) is 0 Å². The van der Waals surface area contributed by atoms with Gasteiger partial charge in [0.25, 0.3) is 0 Å². The van der Waals surface area contributed by atoms with Crippen molar-refractivity contribution < 1.29 is 14.6 Å². The lowest BCUT2D eigenvalue weighted by molar-refractivity contribution is 0.0466. The Balaban J connectivity index is 2.18. The summed E-state index contributed by atoms with van der Waals surface area (Å²) in [6.45, 7) is 3.92. The maximum absolute atomic E-state index is 11.5. The molecule has 1 aromatic rings. The van der Waals surface area contributed by atoms with Crippen LogP contribution < -0.4 is 0 Å². The number of rotatable bonds is 6. The fourth-order valence-corrected chi connectivity index (χ4v) is 1.39. The highest BCUT2D eigenvalue weighted by Crippen LogP contribution is 2.12. The summed E-state index contributed by atoms with van der Waals surface area (Å²) in [5, 5.41) is 9.49. The third kappa shape index (κ3) is 6.02. The molecule has 0 bridgehead atoms. The summed E-state index contributed by atoms with van der Waals surface area (Å²) in [6.07, 6.45) is 5.40. The molecular formula is C13H19NO3. The molecule has 0 aliphatic heterocycles. The molecule has 0 aliphatic rings. The average molecular weight is 237 g/mol. The standard InChI is InChI=1S/C13H19NO3/c1-13(2,16)7-3-4-9-17-12(15)11-6-5-8-14-10-11/h5-6,8,10,16H,3-4,7,9H2,1-2H3. The van der Waals surface area contributed by atoms with Gasteiger partial charge in [0.2, 0.25) is 0 Å². The average Bonchev–Trinajstić information content (AvgIpc) is 2.28. The van der Waals surface area contributed by atoms with Crippen molar-refractivity contribution in [1.82, 2.24) is 4.98 Å². The highest BCUT2D eigenvalue weighted by molar-refractivity contribution is 5.88. The number of unbranched alkanes of at least 4 members (excludes halogenated alkanes) is 1. The Labute approximate surface area is 102 Å². The second-order valence-corrected chi connectivity index (χ2v) is 4.65.